The standard InChI is InChI=1S/C19H22BrN3O.2ClH/c20-16-7-4-8-17(11-16)23-10-9-14(13-23)12-22-19(24)18(21)15-5-2-1-3-6-15;;/h1-8,11,14,18H,9-10,12-13,21H2,(H,22,24);2*1H. The molecule has 2 unspecified atom stereocenters. The van der Waals surface area contributed by atoms with Crippen molar-refractivity contribution in [2.45, 2.75) is 12.5 Å². The van der Waals surface area contributed by atoms with Gasteiger partial charge in [0.25, 0.3) is 0 Å². The molecule has 0 bridgehead atoms. The van der Waals surface area contributed by atoms with Gasteiger partial charge in [0.05, 0.1) is 0 Å². The first-order chi connectivity index (χ1) is 11.6. The van der Waals surface area contributed by atoms with Crippen LogP contribution in [0.1, 0.15) is 18.0 Å². The summed E-state index contributed by atoms with van der Waals surface area (Å²) in [4.78, 5) is 14.6. The summed E-state index contributed by atoms with van der Waals surface area (Å²) in [5.74, 6) is 0.345. The van der Waals surface area contributed by atoms with Crippen molar-refractivity contribution in [1.29, 1.82) is 0 Å². The van der Waals surface area contributed by atoms with E-state index in [0.29, 0.717) is 12.5 Å². The van der Waals surface area contributed by atoms with Crippen LogP contribution in [0.15, 0.2) is 59.1 Å². The molecule has 0 saturated carbocycles. The highest BCUT2D eigenvalue weighted by molar-refractivity contribution is 9.10. The molecule has 0 radical (unpaired) electrons. The average Bonchev–Trinajstić information content (AvgIpc) is 3.09. The zero-order chi connectivity index (χ0) is 16.9. The Hall–Kier alpha value is -1.27. The lowest BCUT2D eigenvalue weighted by Gasteiger charge is -2.19. The molecule has 2 atom stereocenters. The van der Waals surface area contributed by atoms with E-state index in [1.165, 1.54) is 5.69 Å². The van der Waals surface area contributed by atoms with Crippen LogP contribution < -0.4 is 16.0 Å². The van der Waals surface area contributed by atoms with Crippen LogP contribution in [0, 0.1) is 5.92 Å². The Kier molecular flexibility index (Phi) is 9.44. The number of nitrogens with zero attached hydrogens (tertiary/aromatic N) is 1. The molecule has 4 nitrogen and oxygen atoms in total. The molecule has 142 valence electrons. The molecule has 3 N–H and O–H groups in total. The van der Waals surface area contributed by atoms with E-state index >= 15 is 0 Å². The number of nitrogens with two attached hydrogens (primary N) is 1. The van der Waals surface area contributed by atoms with Gasteiger partial charge in [0.2, 0.25) is 5.91 Å². The molecule has 1 aliphatic heterocycles. The van der Waals surface area contributed by atoms with E-state index in [0.717, 1.165) is 29.5 Å². The molecule has 7 heteroatoms. The van der Waals surface area contributed by atoms with Gasteiger partial charge in [-0.05, 0) is 36.1 Å². The third kappa shape index (κ3) is 5.88. The maximum absolute atomic E-state index is 12.2. The summed E-state index contributed by atoms with van der Waals surface area (Å²) < 4.78 is 1.09. The maximum Gasteiger partial charge on any atom is 0.241 e. The van der Waals surface area contributed by atoms with Crippen LogP contribution in [0.3, 0.4) is 0 Å². The Labute approximate surface area is 175 Å². The number of nitrogens with one attached hydrogen (secondary N) is 1. The molecular formula is C19H24BrCl2N3O. The Balaban J connectivity index is 0.00000169. The predicted octanol–water partition coefficient (Wildman–Crippen LogP) is 3.94. The fraction of sp³-hybridized carbons (Fsp3) is 0.316. The largest absolute Gasteiger partial charge is 0.371 e. The van der Waals surface area contributed by atoms with Gasteiger partial charge in [0, 0.05) is 29.8 Å². The SMILES string of the molecule is Cl.Cl.NC(C(=O)NCC1CCN(c2cccc(Br)c2)C1)c1ccccc1. The molecule has 1 fully saturated rings. The lowest BCUT2D eigenvalue weighted by atomic mass is 10.1. The van der Waals surface area contributed by atoms with Crippen molar-refractivity contribution in [2.24, 2.45) is 11.7 Å². The lowest BCUT2D eigenvalue weighted by Crippen LogP contribution is -2.37. The van der Waals surface area contributed by atoms with Gasteiger partial charge in [0.1, 0.15) is 6.04 Å². The topological polar surface area (TPSA) is 58.4 Å². The van der Waals surface area contributed by atoms with E-state index < -0.39 is 6.04 Å². The quantitative estimate of drug-likeness (QED) is 0.710. The first-order valence-corrected chi connectivity index (χ1v) is 9.01. The third-order valence-electron chi connectivity index (χ3n) is 4.47. The minimum Gasteiger partial charge on any atom is -0.371 e. The van der Waals surface area contributed by atoms with Crippen LogP contribution in [-0.2, 0) is 4.79 Å². The highest BCUT2D eigenvalue weighted by Crippen LogP contribution is 2.26. The summed E-state index contributed by atoms with van der Waals surface area (Å²) in [6.45, 7) is 2.64. The van der Waals surface area contributed by atoms with E-state index in [4.69, 9.17) is 5.73 Å². The molecular weight excluding hydrogens is 437 g/mol. The van der Waals surface area contributed by atoms with E-state index in [1.807, 2.05) is 42.5 Å². The minimum atomic E-state index is -0.603. The first kappa shape index (κ1) is 22.8. The number of hydrogen-bond donors (Lipinski definition) is 2. The predicted molar refractivity (Wildman–Crippen MR) is 115 cm³/mol. The van der Waals surface area contributed by atoms with Gasteiger partial charge in [-0.1, -0.05) is 52.3 Å². The van der Waals surface area contributed by atoms with Crippen molar-refractivity contribution in [1.82, 2.24) is 5.32 Å². The highest BCUT2D eigenvalue weighted by atomic mass is 79.9. The molecule has 1 heterocycles. The normalized spacial score (nSPS) is 17.0. The Bertz CT molecular complexity index is 702. The molecule has 1 aliphatic rings. The van der Waals surface area contributed by atoms with Crippen LogP contribution in [0.4, 0.5) is 5.69 Å². The van der Waals surface area contributed by atoms with Crippen molar-refractivity contribution in [3.63, 3.8) is 0 Å². The summed E-state index contributed by atoms with van der Waals surface area (Å²) in [6, 6.07) is 17.2. The Morgan fingerprint density at radius 2 is 1.92 bits per heavy atom. The van der Waals surface area contributed by atoms with E-state index in [-0.39, 0.29) is 30.7 Å². The summed E-state index contributed by atoms with van der Waals surface area (Å²) in [5, 5.41) is 3.01. The maximum atomic E-state index is 12.2. The fourth-order valence-electron chi connectivity index (χ4n) is 3.07. The Morgan fingerprint density at radius 3 is 2.62 bits per heavy atom. The van der Waals surface area contributed by atoms with Gasteiger partial charge in [-0.15, -0.1) is 24.8 Å². The third-order valence-corrected chi connectivity index (χ3v) is 4.96. The van der Waals surface area contributed by atoms with Gasteiger partial charge in [-0.2, -0.15) is 0 Å². The number of hydrogen-bond acceptors (Lipinski definition) is 3. The van der Waals surface area contributed by atoms with Crippen molar-refractivity contribution in [2.75, 3.05) is 24.5 Å². The van der Waals surface area contributed by atoms with Crippen molar-refractivity contribution >= 4 is 52.3 Å². The number of benzene rings is 2. The van der Waals surface area contributed by atoms with E-state index in [1.54, 1.807) is 0 Å². The molecule has 3 rings (SSSR count). The van der Waals surface area contributed by atoms with Crippen molar-refractivity contribution < 1.29 is 4.79 Å². The molecule has 2 aromatic rings. The monoisotopic (exact) mass is 459 g/mol. The van der Waals surface area contributed by atoms with Gasteiger partial charge < -0.3 is 16.0 Å². The second-order valence-corrected chi connectivity index (χ2v) is 7.13. The van der Waals surface area contributed by atoms with Gasteiger partial charge >= 0.3 is 0 Å². The second kappa shape index (κ2) is 10.8. The number of carbonyl (C=O) groups excluding carboxylic acids is 1. The summed E-state index contributed by atoms with van der Waals surface area (Å²) in [6.07, 6.45) is 1.08. The van der Waals surface area contributed by atoms with E-state index in [2.05, 4.69) is 38.3 Å². The summed E-state index contributed by atoms with van der Waals surface area (Å²) >= 11 is 3.51. The van der Waals surface area contributed by atoms with Gasteiger partial charge in [0.15, 0.2) is 0 Å². The zero-order valence-corrected chi connectivity index (χ0v) is 17.5. The number of carbonyl (C=O) groups is 1. The molecule has 1 amide bonds. The lowest BCUT2D eigenvalue weighted by molar-refractivity contribution is -0.122. The Morgan fingerprint density at radius 1 is 1.19 bits per heavy atom. The van der Waals surface area contributed by atoms with Crippen LogP contribution in [0.25, 0.3) is 0 Å². The fourth-order valence-corrected chi connectivity index (χ4v) is 3.46. The number of halogens is 3. The molecule has 1 saturated heterocycles. The van der Waals surface area contributed by atoms with Crippen LogP contribution in [0.2, 0.25) is 0 Å². The summed E-state index contributed by atoms with van der Waals surface area (Å²) in [5.41, 5.74) is 8.10. The van der Waals surface area contributed by atoms with Crippen LogP contribution in [-0.4, -0.2) is 25.5 Å². The molecule has 0 spiro atoms. The molecule has 2 aromatic carbocycles. The average molecular weight is 461 g/mol. The number of amides is 1. The number of rotatable bonds is 5. The smallest absolute Gasteiger partial charge is 0.241 e. The molecule has 0 aromatic heterocycles. The van der Waals surface area contributed by atoms with Gasteiger partial charge in [-0.3, -0.25) is 4.79 Å². The zero-order valence-electron chi connectivity index (χ0n) is 14.3. The summed E-state index contributed by atoms with van der Waals surface area (Å²) in [7, 11) is 0. The van der Waals surface area contributed by atoms with E-state index in [9.17, 15) is 4.79 Å². The highest BCUT2D eigenvalue weighted by Gasteiger charge is 2.24. The number of anilines is 1. The van der Waals surface area contributed by atoms with Crippen molar-refractivity contribution in [3.8, 4) is 0 Å². The molecule has 0 aliphatic carbocycles. The second-order valence-electron chi connectivity index (χ2n) is 6.21. The molecule has 26 heavy (non-hydrogen) atoms. The first-order valence-electron chi connectivity index (χ1n) is 8.22. The minimum absolute atomic E-state index is 0. The van der Waals surface area contributed by atoms with Gasteiger partial charge in [-0.25, -0.2) is 0 Å². The van der Waals surface area contributed by atoms with Crippen LogP contribution in [0.5, 0.6) is 0 Å². The van der Waals surface area contributed by atoms with Crippen molar-refractivity contribution in [3.05, 3.63) is 64.6 Å². The van der Waals surface area contributed by atoms with Crippen LogP contribution >= 0.6 is 40.7 Å².